The molecule has 2 rings (SSSR count). The van der Waals surface area contributed by atoms with Crippen LogP contribution in [0.15, 0.2) is 42.5 Å². The van der Waals surface area contributed by atoms with Crippen LogP contribution >= 0.6 is 0 Å². The molecule has 4 heteroatoms. The fraction of sp³-hybridized carbons (Fsp3) is 0.200. The molecule has 0 bridgehead atoms. The highest BCUT2D eigenvalue weighted by Gasteiger charge is 2.06. The Morgan fingerprint density at radius 3 is 2.05 bits per heavy atom. The van der Waals surface area contributed by atoms with Crippen LogP contribution in [0, 0.1) is 0 Å². The van der Waals surface area contributed by atoms with E-state index in [-0.39, 0.29) is 13.2 Å². The zero-order chi connectivity index (χ0) is 13.7. The van der Waals surface area contributed by atoms with E-state index in [0.717, 1.165) is 11.1 Å². The number of methoxy groups -OCH3 is 1. The number of aliphatic hydroxyl groups is 2. The maximum Gasteiger partial charge on any atom is 0.169 e. The highest BCUT2D eigenvalue weighted by Crippen LogP contribution is 2.32. The topological polar surface area (TPSA) is 58.9 Å². The number of hydrogen-bond acceptors (Lipinski definition) is 4. The normalized spacial score (nSPS) is 10.3. The smallest absolute Gasteiger partial charge is 0.169 e. The first-order valence-electron chi connectivity index (χ1n) is 5.92. The number of benzene rings is 2. The van der Waals surface area contributed by atoms with Crippen LogP contribution in [0.2, 0.25) is 0 Å². The second-order valence-electron chi connectivity index (χ2n) is 4.05. The van der Waals surface area contributed by atoms with Crippen LogP contribution in [0.5, 0.6) is 17.2 Å². The van der Waals surface area contributed by atoms with Crippen LogP contribution in [-0.2, 0) is 13.2 Å². The van der Waals surface area contributed by atoms with Crippen LogP contribution < -0.4 is 9.47 Å². The second kappa shape index (κ2) is 6.22. The summed E-state index contributed by atoms with van der Waals surface area (Å²) in [6.07, 6.45) is 0. The quantitative estimate of drug-likeness (QED) is 0.867. The summed E-state index contributed by atoms with van der Waals surface area (Å²) in [4.78, 5) is 0. The molecule has 0 aliphatic carbocycles. The average Bonchev–Trinajstić information content (AvgIpc) is 2.48. The van der Waals surface area contributed by atoms with Gasteiger partial charge in [-0.2, -0.15) is 0 Å². The van der Waals surface area contributed by atoms with Gasteiger partial charge in [0, 0.05) is 0 Å². The Kier molecular flexibility index (Phi) is 4.39. The summed E-state index contributed by atoms with van der Waals surface area (Å²) in [7, 11) is 1.55. The lowest BCUT2D eigenvalue weighted by Crippen LogP contribution is -1.93. The van der Waals surface area contributed by atoms with Gasteiger partial charge in [0.15, 0.2) is 11.5 Å². The summed E-state index contributed by atoms with van der Waals surface area (Å²) in [6.45, 7) is -0.0311. The average molecular weight is 260 g/mol. The van der Waals surface area contributed by atoms with Gasteiger partial charge < -0.3 is 19.7 Å². The van der Waals surface area contributed by atoms with Crippen molar-refractivity contribution in [3.05, 3.63) is 53.6 Å². The molecule has 2 aromatic rings. The summed E-state index contributed by atoms with van der Waals surface area (Å²) < 4.78 is 10.9. The van der Waals surface area contributed by atoms with E-state index in [1.807, 2.05) is 0 Å². The molecule has 0 fully saturated rings. The zero-order valence-corrected chi connectivity index (χ0v) is 10.7. The summed E-state index contributed by atoms with van der Waals surface area (Å²) in [5, 5.41) is 18.0. The van der Waals surface area contributed by atoms with Crippen molar-refractivity contribution < 1.29 is 19.7 Å². The van der Waals surface area contributed by atoms with Crippen molar-refractivity contribution in [2.24, 2.45) is 0 Å². The highest BCUT2D eigenvalue weighted by atomic mass is 16.5. The van der Waals surface area contributed by atoms with Crippen molar-refractivity contribution in [3.63, 3.8) is 0 Å². The van der Waals surface area contributed by atoms with Crippen molar-refractivity contribution in [3.8, 4) is 17.2 Å². The van der Waals surface area contributed by atoms with Crippen LogP contribution in [0.25, 0.3) is 0 Å². The lowest BCUT2D eigenvalue weighted by molar-refractivity contribution is 0.280. The molecule has 4 nitrogen and oxygen atoms in total. The first-order chi connectivity index (χ1) is 9.26. The van der Waals surface area contributed by atoms with Gasteiger partial charge in [-0.3, -0.25) is 0 Å². The SMILES string of the molecule is COc1cc(CO)ccc1Oc1ccc(CO)cc1. The van der Waals surface area contributed by atoms with Crippen LogP contribution in [-0.4, -0.2) is 17.3 Å². The number of hydrogen-bond donors (Lipinski definition) is 2. The Balaban J connectivity index is 2.21. The Bertz CT molecular complexity index is 534. The molecular formula is C15H16O4. The molecule has 0 saturated carbocycles. The van der Waals surface area contributed by atoms with E-state index in [0.29, 0.717) is 17.2 Å². The monoisotopic (exact) mass is 260 g/mol. The lowest BCUT2D eigenvalue weighted by atomic mass is 10.2. The fourth-order valence-corrected chi connectivity index (χ4v) is 1.68. The molecule has 0 unspecified atom stereocenters. The lowest BCUT2D eigenvalue weighted by Gasteiger charge is -2.11. The Hall–Kier alpha value is -2.04. The summed E-state index contributed by atoms with van der Waals surface area (Å²) in [5.74, 6) is 1.81. The molecule has 0 heterocycles. The Morgan fingerprint density at radius 1 is 0.842 bits per heavy atom. The van der Waals surface area contributed by atoms with Gasteiger partial charge in [0.1, 0.15) is 5.75 Å². The van der Waals surface area contributed by atoms with E-state index < -0.39 is 0 Å². The van der Waals surface area contributed by atoms with E-state index in [9.17, 15) is 0 Å². The molecule has 0 radical (unpaired) electrons. The maximum atomic E-state index is 9.08. The van der Waals surface area contributed by atoms with Crippen molar-refractivity contribution in [1.82, 2.24) is 0 Å². The third-order valence-electron chi connectivity index (χ3n) is 2.74. The molecule has 0 atom stereocenters. The fourth-order valence-electron chi connectivity index (χ4n) is 1.68. The van der Waals surface area contributed by atoms with Gasteiger partial charge in [-0.05, 0) is 35.4 Å². The summed E-state index contributed by atoms with van der Waals surface area (Å²) in [5.41, 5.74) is 1.59. The highest BCUT2D eigenvalue weighted by molar-refractivity contribution is 5.45. The maximum absolute atomic E-state index is 9.08. The molecule has 0 aromatic heterocycles. The Morgan fingerprint density at radius 2 is 1.47 bits per heavy atom. The molecule has 0 amide bonds. The van der Waals surface area contributed by atoms with Crippen molar-refractivity contribution in [2.45, 2.75) is 13.2 Å². The van der Waals surface area contributed by atoms with Crippen LogP contribution in [0.4, 0.5) is 0 Å². The summed E-state index contributed by atoms with van der Waals surface area (Å²) >= 11 is 0. The van der Waals surface area contributed by atoms with Crippen LogP contribution in [0.1, 0.15) is 11.1 Å². The van der Waals surface area contributed by atoms with Crippen molar-refractivity contribution in [2.75, 3.05) is 7.11 Å². The van der Waals surface area contributed by atoms with E-state index in [4.69, 9.17) is 19.7 Å². The molecule has 0 aliphatic heterocycles. The zero-order valence-electron chi connectivity index (χ0n) is 10.7. The minimum Gasteiger partial charge on any atom is -0.493 e. The second-order valence-corrected chi connectivity index (χ2v) is 4.05. The molecule has 2 aromatic carbocycles. The predicted molar refractivity (Wildman–Crippen MR) is 71.4 cm³/mol. The molecule has 0 aliphatic rings. The third-order valence-corrected chi connectivity index (χ3v) is 2.74. The Labute approximate surface area is 111 Å². The van der Waals surface area contributed by atoms with E-state index in [1.165, 1.54) is 0 Å². The van der Waals surface area contributed by atoms with E-state index in [2.05, 4.69) is 0 Å². The largest absolute Gasteiger partial charge is 0.493 e. The van der Waals surface area contributed by atoms with E-state index in [1.54, 1.807) is 49.6 Å². The molecule has 19 heavy (non-hydrogen) atoms. The van der Waals surface area contributed by atoms with Crippen LogP contribution in [0.3, 0.4) is 0 Å². The molecular weight excluding hydrogens is 244 g/mol. The molecule has 100 valence electrons. The van der Waals surface area contributed by atoms with Gasteiger partial charge in [0.25, 0.3) is 0 Å². The van der Waals surface area contributed by atoms with Crippen molar-refractivity contribution in [1.29, 1.82) is 0 Å². The third kappa shape index (κ3) is 3.24. The first-order valence-corrected chi connectivity index (χ1v) is 5.92. The van der Waals surface area contributed by atoms with E-state index >= 15 is 0 Å². The molecule has 0 spiro atoms. The number of rotatable bonds is 5. The van der Waals surface area contributed by atoms with Gasteiger partial charge in [-0.25, -0.2) is 0 Å². The molecule has 0 saturated heterocycles. The predicted octanol–water partition coefficient (Wildman–Crippen LogP) is 2.47. The van der Waals surface area contributed by atoms with Gasteiger partial charge in [0.05, 0.1) is 20.3 Å². The number of ether oxygens (including phenoxy) is 2. The minimum atomic E-state index is -0.0398. The van der Waals surface area contributed by atoms with Gasteiger partial charge in [-0.1, -0.05) is 18.2 Å². The first kappa shape index (κ1) is 13.4. The molecule has 2 N–H and O–H groups in total. The van der Waals surface area contributed by atoms with Gasteiger partial charge in [-0.15, -0.1) is 0 Å². The summed E-state index contributed by atoms with van der Waals surface area (Å²) in [6, 6.07) is 12.4. The van der Waals surface area contributed by atoms with Gasteiger partial charge in [0.2, 0.25) is 0 Å². The number of aliphatic hydroxyl groups excluding tert-OH is 2. The van der Waals surface area contributed by atoms with Gasteiger partial charge >= 0.3 is 0 Å². The van der Waals surface area contributed by atoms with Crippen molar-refractivity contribution >= 4 is 0 Å². The minimum absolute atomic E-state index is 0.00873. The standard InChI is InChI=1S/C15H16O4/c1-18-15-8-12(10-17)4-7-14(15)19-13-5-2-11(9-16)3-6-13/h2-8,16-17H,9-10H2,1H3.